The Hall–Kier alpha value is -1.78. The molecule has 1 aromatic carbocycles. The van der Waals surface area contributed by atoms with Gasteiger partial charge < -0.3 is 4.74 Å². The predicted octanol–water partition coefficient (Wildman–Crippen LogP) is 2.59. The van der Waals surface area contributed by atoms with Gasteiger partial charge in [0.25, 0.3) is 0 Å². The van der Waals surface area contributed by atoms with E-state index in [0.29, 0.717) is 12.1 Å². The lowest BCUT2D eigenvalue weighted by atomic mass is 10.3. The molecule has 1 aromatic rings. The van der Waals surface area contributed by atoms with Crippen LogP contribution in [0.15, 0.2) is 24.3 Å². The fraction of sp³-hybridized carbons (Fsp3) is 0.100. The van der Waals surface area contributed by atoms with Gasteiger partial charge in [-0.05, 0) is 19.0 Å². The molecule has 0 fully saturated rings. The van der Waals surface area contributed by atoms with Gasteiger partial charge in [-0.25, -0.2) is 13.6 Å². The number of ether oxygens (including phenoxy) is 1. The van der Waals surface area contributed by atoms with Crippen LogP contribution in [0.25, 0.3) is 0 Å². The lowest BCUT2D eigenvalue weighted by molar-refractivity contribution is -0.130. The van der Waals surface area contributed by atoms with E-state index in [1.807, 2.05) is 0 Å². The topological polar surface area (TPSA) is 26.3 Å². The second kappa shape index (κ2) is 4.16. The highest BCUT2D eigenvalue weighted by molar-refractivity contribution is 5.88. The Labute approximate surface area is 88.2 Å². The molecule has 15 heavy (non-hydrogen) atoms. The van der Waals surface area contributed by atoms with Gasteiger partial charge in [0.1, 0.15) is 0 Å². The number of halogens is 3. The van der Waals surface area contributed by atoms with E-state index in [9.17, 15) is 18.0 Å². The third kappa shape index (κ3) is 2.37. The predicted molar refractivity (Wildman–Crippen MR) is 46.8 cm³/mol. The molecule has 0 amide bonds. The van der Waals surface area contributed by atoms with Gasteiger partial charge in [0.2, 0.25) is 5.82 Å². The zero-order valence-corrected chi connectivity index (χ0v) is 7.31. The number of benzene rings is 1. The van der Waals surface area contributed by atoms with E-state index in [1.165, 1.54) is 0 Å². The number of hydrogen-bond acceptors (Lipinski definition) is 2. The summed E-state index contributed by atoms with van der Waals surface area (Å²) in [5.74, 6) is -7.35. The minimum absolute atomic E-state index is 0.541. The van der Waals surface area contributed by atoms with E-state index >= 15 is 0 Å². The van der Waals surface area contributed by atoms with Crippen LogP contribution in [0.3, 0.4) is 0 Å². The highest BCUT2D eigenvalue weighted by atomic mass is 19.2. The molecule has 0 radical (unpaired) electrons. The van der Waals surface area contributed by atoms with Gasteiger partial charge in [0.15, 0.2) is 17.4 Å². The normalized spacial score (nSPS) is 13.7. The van der Waals surface area contributed by atoms with Gasteiger partial charge >= 0.3 is 5.97 Å². The van der Waals surface area contributed by atoms with Crippen LogP contribution >= 0.6 is 0 Å². The molecule has 0 atom stereocenters. The SMILES string of the molecule is [2H]C([2H])([2H])C(=C)C(=O)Oc1ccc(F)c(F)c1F. The van der Waals surface area contributed by atoms with Crippen molar-refractivity contribution < 1.29 is 26.8 Å². The van der Waals surface area contributed by atoms with E-state index < -0.39 is 41.6 Å². The Balaban J connectivity index is 2.97. The molecule has 5 heteroatoms. The molecule has 0 saturated carbocycles. The fourth-order valence-electron chi connectivity index (χ4n) is 0.748. The molecule has 80 valence electrons. The van der Waals surface area contributed by atoms with Crippen molar-refractivity contribution in [2.24, 2.45) is 0 Å². The number of rotatable bonds is 2. The largest absolute Gasteiger partial charge is 0.420 e. The Morgan fingerprint density at radius 2 is 2.07 bits per heavy atom. The molecule has 0 heterocycles. The van der Waals surface area contributed by atoms with Crippen molar-refractivity contribution in [2.75, 3.05) is 0 Å². The van der Waals surface area contributed by atoms with Gasteiger partial charge in [-0.3, -0.25) is 0 Å². The second-order valence-corrected chi connectivity index (χ2v) is 2.54. The molecular weight excluding hydrogens is 209 g/mol. The van der Waals surface area contributed by atoms with Gasteiger partial charge in [-0.2, -0.15) is 4.39 Å². The summed E-state index contributed by atoms with van der Waals surface area (Å²) < 4.78 is 63.4. The van der Waals surface area contributed by atoms with E-state index in [0.717, 1.165) is 0 Å². The zero-order valence-electron chi connectivity index (χ0n) is 10.3. The maximum Gasteiger partial charge on any atom is 0.338 e. The van der Waals surface area contributed by atoms with Crippen molar-refractivity contribution in [3.63, 3.8) is 0 Å². The maximum atomic E-state index is 13.1. The third-order valence-corrected chi connectivity index (χ3v) is 1.45. The molecular formula is C10H7F3O2. The average molecular weight is 219 g/mol. The van der Waals surface area contributed by atoms with E-state index in [1.54, 1.807) is 0 Å². The molecule has 2 nitrogen and oxygen atoms in total. The molecule has 0 bridgehead atoms. The summed E-state index contributed by atoms with van der Waals surface area (Å²) in [6.07, 6.45) is 0. The monoisotopic (exact) mass is 219 g/mol. The highest BCUT2D eigenvalue weighted by Gasteiger charge is 2.16. The maximum absolute atomic E-state index is 13.1. The van der Waals surface area contributed by atoms with Gasteiger partial charge in [-0.1, -0.05) is 6.58 Å². The molecule has 0 aromatic heterocycles. The lowest BCUT2D eigenvalue weighted by Gasteiger charge is -2.05. The van der Waals surface area contributed by atoms with Crippen LogP contribution in [-0.2, 0) is 4.79 Å². The molecule has 0 unspecified atom stereocenters. The molecule has 0 saturated heterocycles. The first-order valence-corrected chi connectivity index (χ1v) is 3.69. The summed E-state index contributed by atoms with van der Waals surface area (Å²) in [7, 11) is 0. The van der Waals surface area contributed by atoms with Crippen molar-refractivity contribution in [1.82, 2.24) is 0 Å². The van der Waals surface area contributed by atoms with E-state index in [4.69, 9.17) is 4.11 Å². The summed E-state index contributed by atoms with van der Waals surface area (Å²) in [6.45, 7) is 0.151. The Bertz CT molecular complexity index is 512. The number of hydrogen-bond donors (Lipinski definition) is 0. The number of carbonyl (C=O) groups excluding carboxylic acids is 1. The first-order chi connectivity index (χ1) is 8.14. The van der Waals surface area contributed by atoms with Crippen molar-refractivity contribution in [3.8, 4) is 5.75 Å². The average Bonchev–Trinajstić information content (AvgIpc) is 2.27. The van der Waals surface area contributed by atoms with Crippen molar-refractivity contribution in [3.05, 3.63) is 41.7 Å². The van der Waals surface area contributed by atoms with Crippen LogP contribution in [0.1, 0.15) is 11.0 Å². The smallest absolute Gasteiger partial charge is 0.338 e. The van der Waals surface area contributed by atoms with Crippen molar-refractivity contribution in [2.45, 2.75) is 6.85 Å². The summed E-state index contributed by atoms with van der Waals surface area (Å²) in [4.78, 5) is 11.2. The Kier molecular flexibility index (Phi) is 2.08. The van der Waals surface area contributed by atoms with Crippen LogP contribution in [0.5, 0.6) is 5.75 Å². The molecule has 0 spiro atoms. The minimum atomic E-state index is -2.81. The molecule has 1 rings (SSSR count). The first kappa shape index (κ1) is 7.50. The van der Waals surface area contributed by atoms with E-state index in [-0.39, 0.29) is 0 Å². The minimum Gasteiger partial charge on any atom is -0.420 e. The summed E-state index contributed by atoms with van der Waals surface area (Å²) in [5, 5.41) is 0. The zero-order chi connectivity index (χ0) is 14.1. The molecule has 0 aliphatic heterocycles. The second-order valence-electron chi connectivity index (χ2n) is 2.54. The van der Waals surface area contributed by atoms with Crippen molar-refractivity contribution >= 4 is 5.97 Å². The van der Waals surface area contributed by atoms with Crippen LogP contribution in [0, 0.1) is 17.5 Å². The van der Waals surface area contributed by atoms with Crippen LogP contribution in [0.4, 0.5) is 13.2 Å². The summed E-state index contributed by atoms with van der Waals surface area (Å²) >= 11 is 0. The van der Waals surface area contributed by atoms with Gasteiger partial charge in [0.05, 0.1) is 0 Å². The Morgan fingerprint density at radius 1 is 1.40 bits per heavy atom. The fourth-order valence-corrected chi connectivity index (χ4v) is 0.748. The standard InChI is InChI=1S/C10H7F3O2/c1-5(2)10(14)15-7-4-3-6(11)8(12)9(7)13/h3-4H,1H2,2H3/i2D3. The number of esters is 1. The quantitative estimate of drug-likeness (QED) is 0.331. The Morgan fingerprint density at radius 3 is 2.67 bits per heavy atom. The van der Waals surface area contributed by atoms with Gasteiger partial charge in [0, 0.05) is 9.69 Å². The highest BCUT2D eigenvalue weighted by Crippen LogP contribution is 2.22. The molecule has 0 aliphatic rings. The van der Waals surface area contributed by atoms with Crippen LogP contribution < -0.4 is 4.74 Å². The summed E-state index contributed by atoms with van der Waals surface area (Å²) in [5.41, 5.74) is -0.897. The van der Waals surface area contributed by atoms with Crippen molar-refractivity contribution in [1.29, 1.82) is 0 Å². The molecule has 0 N–H and O–H groups in total. The first-order valence-electron chi connectivity index (χ1n) is 5.19. The van der Waals surface area contributed by atoms with Crippen LogP contribution in [0.2, 0.25) is 0 Å². The lowest BCUT2D eigenvalue weighted by Crippen LogP contribution is -2.10. The summed E-state index contributed by atoms with van der Waals surface area (Å²) in [6, 6.07) is 1.21. The van der Waals surface area contributed by atoms with Crippen LogP contribution in [-0.4, -0.2) is 5.97 Å². The third-order valence-electron chi connectivity index (χ3n) is 1.45. The number of carbonyl (C=O) groups is 1. The molecule has 0 aliphatic carbocycles. The van der Waals surface area contributed by atoms with E-state index in [2.05, 4.69) is 11.3 Å². The van der Waals surface area contributed by atoms with Gasteiger partial charge in [-0.15, -0.1) is 0 Å².